The highest BCUT2D eigenvalue weighted by molar-refractivity contribution is 6.05. The number of anilines is 1. The van der Waals surface area contributed by atoms with E-state index in [0.29, 0.717) is 36.4 Å². The minimum atomic E-state index is -4.44. The second kappa shape index (κ2) is 16.6. The smallest absolute Gasteiger partial charge is 0.389 e. The molecule has 1 aliphatic rings. The molecule has 2 aromatic rings. The van der Waals surface area contributed by atoms with Gasteiger partial charge in [0.25, 0.3) is 11.8 Å². The van der Waals surface area contributed by atoms with Crippen LogP contribution in [0.1, 0.15) is 73.6 Å². The Morgan fingerprint density at radius 2 is 1.84 bits per heavy atom. The number of nitrogens with zero attached hydrogens (tertiary/aromatic N) is 2. The van der Waals surface area contributed by atoms with Gasteiger partial charge in [-0.1, -0.05) is 25.1 Å². The summed E-state index contributed by atoms with van der Waals surface area (Å²) in [6.07, 6.45) is -5.03. The predicted octanol–water partition coefficient (Wildman–Crippen LogP) is 5.54. The van der Waals surface area contributed by atoms with Gasteiger partial charge in [-0.25, -0.2) is 0 Å². The van der Waals surface area contributed by atoms with Gasteiger partial charge in [0.2, 0.25) is 5.91 Å². The summed E-state index contributed by atoms with van der Waals surface area (Å²) in [5, 5.41) is 12.9. The number of halogens is 3. The summed E-state index contributed by atoms with van der Waals surface area (Å²) in [5.41, 5.74) is 1.04. The highest BCUT2D eigenvalue weighted by atomic mass is 19.4. The number of nitrogens with one attached hydrogen (secondary N) is 1. The molecular formula is C33H44F3N3O6. The first-order chi connectivity index (χ1) is 21.3. The second-order valence-electron chi connectivity index (χ2n) is 11.7. The summed E-state index contributed by atoms with van der Waals surface area (Å²) in [4.78, 5) is 42.3. The maximum absolute atomic E-state index is 14.2. The van der Waals surface area contributed by atoms with Crippen molar-refractivity contribution in [2.45, 2.75) is 77.3 Å². The Balaban J connectivity index is 1.91. The lowest BCUT2D eigenvalue weighted by Gasteiger charge is -2.36. The molecular weight excluding hydrogens is 591 g/mol. The third kappa shape index (κ3) is 11.0. The zero-order valence-corrected chi connectivity index (χ0v) is 26.3. The van der Waals surface area contributed by atoms with Gasteiger partial charge in [-0.15, -0.1) is 0 Å². The van der Waals surface area contributed by atoms with Crippen molar-refractivity contribution in [2.24, 2.45) is 5.92 Å². The van der Waals surface area contributed by atoms with Crippen LogP contribution >= 0.6 is 0 Å². The van der Waals surface area contributed by atoms with E-state index in [-0.39, 0.29) is 43.2 Å². The number of ether oxygens (including phenoxy) is 2. The van der Waals surface area contributed by atoms with E-state index in [4.69, 9.17) is 9.47 Å². The Bertz CT molecular complexity index is 1280. The van der Waals surface area contributed by atoms with Crippen molar-refractivity contribution in [3.63, 3.8) is 0 Å². The molecule has 0 fully saturated rings. The lowest BCUT2D eigenvalue weighted by Crippen LogP contribution is -2.48. The van der Waals surface area contributed by atoms with Crippen LogP contribution in [0.5, 0.6) is 5.75 Å². The van der Waals surface area contributed by atoms with Crippen molar-refractivity contribution in [2.75, 3.05) is 38.7 Å². The molecule has 0 bridgehead atoms. The summed E-state index contributed by atoms with van der Waals surface area (Å²) >= 11 is 0. The average Bonchev–Trinajstić information content (AvgIpc) is 3.01. The fourth-order valence-corrected chi connectivity index (χ4v) is 5.07. The van der Waals surface area contributed by atoms with E-state index in [2.05, 4.69) is 5.32 Å². The highest BCUT2D eigenvalue weighted by Gasteiger charge is 2.32. The number of fused-ring (bicyclic) bond motifs is 1. The van der Waals surface area contributed by atoms with Crippen LogP contribution in [0.25, 0.3) is 0 Å². The first-order valence-electron chi connectivity index (χ1n) is 15.3. The SMILES string of the molecule is C[C@@H]1CN([C@H](C)CO)C(=O)c2cc(NC(=O)c3ccccc3)ccc2O[C@@H](C)CCCCO[C@@H]1CN(C)C(=O)CCC(F)(F)F. The molecule has 0 radical (unpaired) electrons. The number of rotatable bonds is 8. The summed E-state index contributed by atoms with van der Waals surface area (Å²) in [6.45, 7) is 5.61. The molecule has 0 aromatic heterocycles. The van der Waals surface area contributed by atoms with Crippen LogP contribution in [0.15, 0.2) is 48.5 Å². The van der Waals surface area contributed by atoms with Gasteiger partial charge < -0.3 is 29.7 Å². The van der Waals surface area contributed by atoms with Gasteiger partial charge >= 0.3 is 6.18 Å². The predicted molar refractivity (Wildman–Crippen MR) is 164 cm³/mol. The number of alkyl halides is 3. The molecule has 12 heteroatoms. The van der Waals surface area contributed by atoms with Crippen LogP contribution in [0.4, 0.5) is 18.9 Å². The maximum atomic E-state index is 14.2. The quantitative estimate of drug-likeness (QED) is 0.395. The van der Waals surface area contributed by atoms with Crippen LogP contribution in [-0.2, 0) is 9.53 Å². The summed E-state index contributed by atoms with van der Waals surface area (Å²) in [6, 6.07) is 12.9. The third-order valence-corrected chi connectivity index (χ3v) is 7.85. The molecule has 248 valence electrons. The monoisotopic (exact) mass is 635 g/mol. The zero-order valence-electron chi connectivity index (χ0n) is 26.3. The molecule has 2 aromatic carbocycles. The Morgan fingerprint density at radius 1 is 1.13 bits per heavy atom. The summed E-state index contributed by atoms with van der Waals surface area (Å²) in [7, 11) is 1.44. The third-order valence-electron chi connectivity index (χ3n) is 7.85. The van der Waals surface area contributed by atoms with Gasteiger partial charge in [0.15, 0.2) is 0 Å². The highest BCUT2D eigenvalue weighted by Crippen LogP contribution is 2.29. The van der Waals surface area contributed by atoms with Crippen LogP contribution in [0.3, 0.4) is 0 Å². The van der Waals surface area contributed by atoms with Gasteiger partial charge in [0, 0.05) is 50.3 Å². The van der Waals surface area contributed by atoms with E-state index in [0.717, 1.165) is 6.42 Å². The molecule has 2 N–H and O–H groups in total. The molecule has 4 atom stereocenters. The summed E-state index contributed by atoms with van der Waals surface area (Å²) in [5.74, 6) is -1.46. The number of hydrogen-bond acceptors (Lipinski definition) is 6. The average molecular weight is 636 g/mol. The Labute approximate surface area is 262 Å². The lowest BCUT2D eigenvalue weighted by molar-refractivity contribution is -0.149. The van der Waals surface area contributed by atoms with Crippen molar-refractivity contribution in [1.29, 1.82) is 0 Å². The molecule has 3 amide bonds. The normalized spacial score (nSPS) is 20.8. The molecule has 1 heterocycles. The number of hydrogen-bond donors (Lipinski definition) is 2. The van der Waals surface area contributed by atoms with Crippen molar-refractivity contribution in [3.05, 3.63) is 59.7 Å². The van der Waals surface area contributed by atoms with Gasteiger partial charge in [-0.05, 0) is 63.4 Å². The number of aliphatic hydroxyl groups excluding tert-OH is 1. The van der Waals surface area contributed by atoms with Crippen molar-refractivity contribution >= 4 is 23.4 Å². The Morgan fingerprint density at radius 3 is 2.51 bits per heavy atom. The van der Waals surface area contributed by atoms with Gasteiger partial charge in [-0.2, -0.15) is 13.2 Å². The first kappa shape index (κ1) is 35.8. The minimum absolute atomic E-state index is 0.0408. The number of likely N-dealkylation sites (N-methyl/N-ethyl adjacent to an activating group) is 1. The van der Waals surface area contributed by atoms with Gasteiger partial charge in [0.05, 0.1) is 36.8 Å². The van der Waals surface area contributed by atoms with E-state index >= 15 is 0 Å². The molecule has 0 aliphatic carbocycles. The van der Waals surface area contributed by atoms with Crippen LogP contribution in [0, 0.1) is 5.92 Å². The van der Waals surface area contributed by atoms with Crippen LogP contribution in [0.2, 0.25) is 0 Å². The molecule has 0 saturated carbocycles. The molecule has 0 saturated heterocycles. The molecule has 9 nitrogen and oxygen atoms in total. The van der Waals surface area contributed by atoms with Gasteiger partial charge in [-0.3, -0.25) is 14.4 Å². The van der Waals surface area contributed by atoms with E-state index in [1.807, 2.05) is 13.8 Å². The van der Waals surface area contributed by atoms with E-state index in [9.17, 15) is 32.7 Å². The number of carbonyl (C=O) groups is 3. The summed E-state index contributed by atoms with van der Waals surface area (Å²) < 4.78 is 50.5. The van der Waals surface area contributed by atoms with Crippen molar-refractivity contribution in [3.8, 4) is 5.75 Å². The van der Waals surface area contributed by atoms with E-state index in [1.54, 1.807) is 55.5 Å². The van der Waals surface area contributed by atoms with E-state index < -0.39 is 43.0 Å². The van der Waals surface area contributed by atoms with Crippen LogP contribution in [-0.4, -0.2) is 90.4 Å². The molecule has 0 spiro atoms. The standard InChI is InChI=1S/C33H44F3N3O6/c1-22-19-39(23(2)21-40)32(43)27-18-26(37-31(42)25-11-6-5-7-12-25)13-14-28(27)45-24(3)10-8-9-17-44-29(22)20-38(4)30(41)15-16-33(34,35)36/h5-7,11-14,18,22-24,29,40H,8-10,15-17,19-21H2,1-4H3,(H,37,42)/t22-,23-,24+,29-/m1/s1. The number of benzene rings is 2. The lowest BCUT2D eigenvalue weighted by atomic mass is 10.0. The van der Waals surface area contributed by atoms with Crippen molar-refractivity contribution < 1.29 is 42.1 Å². The second-order valence-corrected chi connectivity index (χ2v) is 11.7. The Hall–Kier alpha value is -3.64. The number of amides is 3. The zero-order chi connectivity index (χ0) is 33.1. The number of carbonyl (C=O) groups excluding carboxylic acids is 3. The van der Waals surface area contributed by atoms with Gasteiger partial charge in [0.1, 0.15) is 5.75 Å². The first-order valence-corrected chi connectivity index (χ1v) is 15.3. The fraction of sp³-hybridized carbons (Fsp3) is 0.545. The van der Waals surface area contributed by atoms with Crippen molar-refractivity contribution in [1.82, 2.24) is 9.80 Å². The fourth-order valence-electron chi connectivity index (χ4n) is 5.07. The molecule has 3 rings (SSSR count). The van der Waals surface area contributed by atoms with E-state index in [1.165, 1.54) is 16.8 Å². The molecule has 0 unspecified atom stereocenters. The number of aliphatic hydroxyl groups is 1. The van der Waals surface area contributed by atoms with Crippen LogP contribution < -0.4 is 10.1 Å². The topological polar surface area (TPSA) is 108 Å². The maximum Gasteiger partial charge on any atom is 0.389 e. The largest absolute Gasteiger partial charge is 0.490 e. The Kier molecular flexibility index (Phi) is 13.2. The molecule has 1 aliphatic heterocycles. The molecule has 45 heavy (non-hydrogen) atoms. The minimum Gasteiger partial charge on any atom is -0.490 e.